The fourth-order valence-corrected chi connectivity index (χ4v) is 1.54. The summed E-state index contributed by atoms with van der Waals surface area (Å²) in [5.74, 6) is -0.354. The molecule has 0 spiro atoms. The van der Waals surface area contributed by atoms with Crippen LogP contribution in [0.5, 0.6) is 0 Å². The summed E-state index contributed by atoms with van der Waals surface area (Å²) >= 11 is 5.85. The molecule has 0 fully saturated rings. The van der Waals surface area contributed by atoms with E-state index in [1.165, 1.54) is 12.1 Å². The van der Waals surface area contributed by atoms with Crippen molar-refractivity contribution < 1.29 is 9.18 Å². The lowest BCUT2D eigenvalue weighted by Crippen LogP contribution is -2.39. The van der Waals surface area contributed by atoms with Gasteiger partial charge in [-0.15, -0.1) is 0 Å². The van der Waals surface area contributed by atoms with Crippen molar-refractivity contribution in [2.45, 2.75) is 32.7 Å². The van der Waals surface area contributed by atoms with Gasteiger partial charge in [0.05, 0.1) is 6.54 Å². The predicted octanol–water partition coefficient (Wildman–Crippen LogP) is 2.98. The molecule has 0 radical (unpaired) electrons. The van der Waals surface area contributed by atoms with Crippen molar-refractivity contribution in [2.24, 2.45) is 0 Å². The second-order valence-electron chi connectivity index (χ2n) is 5.05. The highest BCUT2D eigenvalue weighted by molar-refractivity contribution is 6.31. The standard InChI is InChI=1S/C13H17ClFNO/c1-13(2,3)16-8-11(17)6-9-4-5-10(15)7-12(9)14/h4-5,7,16H,6,8H2,1-3H3. The zero-order chi connectivity index (χ0) is 13.1. The van der Waals surface area contributed by atoms with Crippen LogP contribution in [0.1, 0.15) is 26.3 Å². The summed E-state index contributed by atoms with van der Waals surface area (Å²) in [5, 5.41) is 3.41. The van der Waals surface area contributed by atoms with Gasteiger partial charge in [0.15, 0.2) is 5.78 Å². The van der Waals surface area contributed by atoms with Crippen molar-refractivity contribution in [1.82, 2.24) is 5.32 Å². The number of hydrogen-bond donors (Lipinski definition) is 1. The molecule has 1 aromatic rings. The smallest absolute Gasteiger partial charge is 0.151 e. The zero-order valence-electron chi connectivity index (χ0n) is 10.3. The monoisotopic (exact) mass is 257 g/mol. The maximum atomic E-state index is 12.8. The summed E-state index contributed by atoms with van der Waals surface area (Å²) in [6.45, 7) is 6.26. The summed E-state index contributed by atoms with van der Waals surface area (Å²) < 4.78 is 12.8. The molecule has 0 aromatic heterocycles. The lowest BCUT2D eigenvalue weighted by Gasteiger charge is -2.19. The number of rotatable bonds is 4. The van der Waals surface area contributed by atoms with Crippen molar-refractivity contribution in [3.05, 3.63) is 34.6 Å². The van der Waals surface area contributed by atoms with Crippen LogP contribution < -0.4 is 5.32 Å². The van der Waals surface area contributed by atoms with Gasteiger partial charge < -0.3 is 5.32 Å². The molecule has 0 heterocycles. The first kappa shape index (κ1) is 14.1. The van der Waals surface area contributed by atoms with E-state index in [0.29, 0.717) is 10.6 Å². The van der Waals surface area contributed by atoms with E-state index in [1.807, 2.05) is 20.8 Å². The predicted molar refractivity (Wildman–Crippen MR) is 67.9 cm³/mol. The molecule has 0 aliphatic heterocycles. The molecular weight excluding hydrogens is 241 g/mol. The normalized spacial score (nSPS) is 11.6. The number of Topliss-reactive ketones (excluding diaryl/α,β-unsaturated/α-hetero) is 1. The highest BCUT2D eigenvalue weighted by atomic mass is 35.5. The van der Waals surface area contributed by atoms with E-state index in [1.54, 1.807) is 6.07 Å². The first-order valence-corrected chi connectivity index (χ1v) is 5.86. The highest BCUT2D eigenvalue weighted by Crippen LogP contribution is 2.17. The first-order valence-electron chi connectivity index (χ1n) is 5.48. The molecule has 1 rings (SSSR count). The van der Waals surface area contributed by atoms with Gasteiger partial charge in [0.25, 0.3) is 0 Å². The SMILES string of the molecule is CC(C)(C)NCC(=O)Cc1ccc(F)cc1Cl. The molecule has 0 aliphatic rings. The van der Waals surface area contributed by atoms with E-state index in [-0.39, 0.29) is 30.1 Å². The lowest BCUT2D eigenvalue weighted by molar-refractivity contribution is -0.117. The molecule has 0 saturated heterocycles. The Kier molecular flexibility index (Phi) is 4.66. The van der Waals surface area contributed by atoms with Crippen molar-refractivity contribution >= 4 is 17.4 Å². The zero-order valence-corrected chi connectivity index (χ0v) is 11.1. The average Bonchev–Trinajstić information content (AvgIpc) is 2.18. The number of carbonyl (C=O) groups is 1. The Hall–Kier alpha value is -0.930. The molecule has 0 atom stereocenters. The van der Waals surface area contributed by atoms with Crippen LogP contribution in [0.15, 0.2) is 18.2 Å². The van der Waals surface area contributed by atoms with Gasteiger partial charge in [0.2, 0.25) is 0 Å². The van der Waals surface area contributed by atoms with Gasteiger partial charge in [-0.1, -0.05) is 17.7 Å². The minimum Gasteiger partial charge on any atom is -0.305 e. The number of carbonyl (C=O) groups excluding carboxylic acids is 1. The van der Waals surface area contributed by atoms with Crippen LogP contribution in [-0.2, 0) is 11.2 Å². The van der Waals surface area contributed by atoms with Gasteiger partial charge >= 0.3 is 0 Å². The molecular formula is C13H17ClFNO. The third kappa shape index (κ3) is 5.29. The fourth-order valence-electron chi connectivity index (χ4n) is 1.30. The van der Waals surface area contributed by atoms with E-state index in [2.05, 4.69) is 5.32 Å². The van der Waals surface area contributed by atoms with Crippen molar-refractivity contribution in [3.63, 3.8) is 0 Å². The number of benzene rings is 1. The molecule has 1 aromatic carbocycles. The Morgan fingerprint density at radius 1 is 1.41 bits per heavy atom. The Labute approximate surface area is 106 Å². The number of hydrogen-bond acceptors (Lipinski definition) is 2. The van der Waals surface area contributed by atoms with Crippen molar-refractivity contribution in [1.29, 1.82) is 0 Å². The average molecular weight is 258 g/mol. The van der Waals surface area contributed by atoms with Crippen LogP contribution in [0.2, 0.25) is 5.02 Å². The lowest BCUT2D eigenvalue weighted by atomic mass is 10.1. The third-order valence-electron chi connectivity index (χ3n) is 2.22. The molecule has 0 aliphatic carbocycles. The van der Waals surface area contributed by atoms with Crippen LogP contribution in [0.25, 0.3) is 0 Å². The van der Waals surface area contributed by atoms with Gasteiger partial charge in [-0.05, 0) is 38.5 Å². The molecule has 94 valence electrons. The van der Waals surface area contributed by atoms with Gasteiger partial charge in [0.1, 0.15) is 5.82 Å². The number of ketones is 1. The van der Waals surface area contributed by atoms with Crippen LogP contribution in [0.4, 0.5) is 4.39 Å². The summed E-state index contributed by atoms with van der Waals surface area (Å²) in [6.07, 6.45) is 0.224. The summed E-state index contributed by atoms with van der Waals surface area (Å²) in [4.78, 5) is 11.7. The second kappa shape index (κ2) is 5.61. The van der Waals surface area contributed by atoms with Crippen LogP contribution in [0.3, 0.4) is 0 Å². The van der Waals surface area contributed by atoms with Gasteiger partial charge in [-0.2, -0.15) is 0 Å². The molecule has 17 heavy (non-hydrogen) atoms. The van der Waals surface area contributed by atoms with Crippen molar-refractivity contribution in [3.8, 4) is 0 Å². The van der Waals surface area contributed by atoms with E-state index < -0.39 is 0 Å². The van der Waals surface area contributed by atoms with Crippen LogP contribution >= 0.6 is 11.6 Å². The topological polar surface area (TPSA) is 29.1 Å². The fraction of sp³-hybridized carbons (Fsp3) is 0.462. The first-order chi connectivity index (χ1) is 7.78. The van der Waals surface area contributed by atoms with E-state index in [9.17, 15) is 9.18 Å². The number of halogens is 2. The minimum atomic E-state index is -0.390. The summed E-state index contributed by atoms with van der Waals surface area (Å²) in [5.41, 5.74) is 0.566. The molecule has 4 heteroatoms. The molecule has 0 amide bonds. The van der Waals surface area contributed by atoms with E-state index in [0.717, 1.165) is 0 Å². The second-order valence-corrected chi connectivity index (χ2v) is 5.46. The minimum absolute atomic E-state index is 0.0356. The highest BCUT2D eigenvalue weighted by Gasteiger charge is 2.13. The summed E-state index contributed by atoms with van der Waals surface area (Å²) in [7, 11) is 0. The Morgan fingerprint density at radius 2 is 2.06 bits per heavy atom. The number of nitrogens with one attached hydrogen (secondary N) is 1. The summed E-state index contributed by atoms with van der Waals surface area (Å²) in [6, 6.07) is 4.08. The maximum Gasteiger partial charge on any atom is 0.151 e. The van der Waals surface area contributed by atoms with E-state index >= 15 is 0 Å². The quantitative estimate of drug-likeness (QED) is 0.899. The van der Waals surface area contributed by atoms with Crippen LogP contribution in [0, 0.1) is 5.82 Å². The molecule has 2 nitrogen and oxygen atoms in total. The van der Waals surface area contributed by atoms with Gasteiger partial charge in [-0.25, -0.2) is 4.39 Å². The molecule has 1 N–H and O–H groups in total. The third-order valence-corrected chi connectivity index (χ3v) is 2.57. The maximum absolute atomic E-state index is 12.8. The largest absolute Gasteiger partial charge is 0.305 e. The van der Waals surface area contributed by atoms with Gasteiger partial charge in [-0.3, -0.25) is 4.79 Å². The molecule has 0 unspecified atom stereocenters. The van der Waals surface area contributed by atoms with Crippen molar-refractivity contribution in [2.75, 3.05) is 6.54 Å². The van der Waals surface area contributed by atoms with Gasteiger partial charge in [0, 0.05) is 17.0 Å². The molecule has 0 saturated carbocycles. The Balaban J connectivity index is 2.57. The molecule has 0 bridgehead atoms. The van der Waals surface area contributed by atoms with Crippen LogP contribution in [-0.4, -0.2) is 17.9 Å². The Morgan fingerprint density at radius 3 is 2.59 bits per heavy atom. The van der Waals surface area contributed by atoms with E-state index in [4.69, 9.17) is 11.6 Å². The Bertz CT molecular complexity index is 412.